The summed E-state index contributed by atoms with van der Waals surface area (Å²) in [6.45, 7) is 0. The molecule has 1 unspecified atom stereocenters. The minimum Gasteiger partial charge on any atom is -0.595 e. The second-order valence-electron chi connectivity index (χ2n) is 8.33. The van der Waals surface area contributed by atoms with Gasteiger partial charge in [-0.1, -0.05) is 80.4 Å². The summed E-state index contributed by atoms with van der Waals surface area (Å²) in [4.78, 5) is 28.9. The van der Waals surface area contributed by atoms with Gasteiger partial charge < -0.3 is 5.21 Å². The monoisotopic (exact) mass is 554 g/mol. The average molecular weight is 556 g/mol. The first kappa shape index (κ1) is 20.3. The molecule has 6 nitrogen and oxygen atoms in total. The van der Waals surface area contributed by atoms with Crippen LogP contribution in [0.4, 0.5) is 11.4 Å². The van der Waals surface area contributed by atoms with E-state index in [0.717, 1.165) is 22.3 Å². The Balaban J connectivity index is 1.59. The van der Waals surface area contributed by atoms with Crippen LogP contribution in [-0.4, -0.2) is 17.0 Å². The molecule has 160 valence electrons. The predicted octanol–water partition coefficient (Wildman–Crippen LogP) is 3.50. The fraction of sp³-hybridized carbons (Fsp3) is 0.167. The van der Waals surface area contributed by atoms with E-state index in [1.54, 1.807) is 0 Å². The van der Waals surface area contributed by atoms with Crippen LogP contribution in [0, 0.1) is 17.0 Å². The first-order chi connectivity index (χ1) is 15.3. The van der Waals surface area contributed by atoms with Gasteiger partial charge in [-0.2, -0.15) is 5.23 Å². The summed E-state index contributed by atoms with van der Waals surface area (Å²) < 4.78 is -1.69. The van der Waals surface area contributed by atoms with Gasteiger partial charge in [0.1, 0.15) is 0 Å². The highest BCUT2D eigenvalue weighted by Gasteiger charge is 2.72. The van der Waals surface area contributed by atoms with Crippen LogP contribution in [-0.2, 0) is 18.2 Å². The first-order valence-corrected chi connectivity index (χ1v) is 11.7. The standard InChI is InChI=1S/C24H16Br2N2O4/c25-23-15-5-1-2-6-16(15)24(26,18-8-4-3-7-17(18)23)20-19(23)21(29)27(22(20)30)13-9-11-14(12-10-13)28(31)32/h1-12,19-20,28,31H/t19-,20-,23?,24?/m1/s1. The molecule has 3 aromatic carbocycles. The number of hydrogen-bond donors (Lipinski definition) is 2. The number of halogens is 2. The van der Waals surface area contributed by atoms with Crippen LogP contribution in [0.15, 0.2) is 72.8 Å². The highest BCUT2D eigenvalue weighted by Crippen LogP contribution is 2.70. The van der Waals surface area contributed by atoms with Crippen molar-refractivity contribution < 1.29 is 20.0 Å². The van der Waals surface area contributed by atoms with E-state index >= 15 is 0 Å². The van der Waals surface area contributed by atoms with E-state index < -0.39 is 25.7 Å². The Bertz CT molecular complexity index is 1190. The molecule has 8 heteroatoms. The Morgan fingerprint density at radius 2 is 1.12 bits per heavy atom. The van der Waals surface area contributed by atoms with E-state index in [1.165, 1.54) is 29.2 Å². The van der Waals surface area contributed by atoms with Crippen molar-refractivity contribution in [2.24, 2.45) is 11.8 Å². The van der Waals surface area contributed by atoms with Crippen molar-refractivity contribution in [1.82, 2.24) is 0 Å². The van der Waals surface area contributed by atoms with Crippen molar-refractivity contribution >= 4 is 55.0 Å². The Morgan fingerprint density at radius 1 is 0.750 bits per heavy atom. The maximum Gasteiger partial charge on any atom is 0.239 e. The van der Waals surface area contributed by atoms with E-state index in [-0.39, 0.29) is 17.5 Å². The summed E-state index contributed by atoms with van der Waals surface area (Å²) in [7, 11) is 0. The van der Waals surface area contributed by atoms with Crippen LogP contribution in [0.25, 0.3) is 0 Å². The molecule has 0 spiro atoms. The Morgan fingerprint density at radius 3 is 1.47 bits per heavy atom. The highest BCUT2D eigenvalue weighted by molar-refractivity contribution is 9.10. The number of carbonyl (C=O) groups is 2. The van der Waals surface area contributed by atoms with E-state index in [9.17, 15) is 20.0 Å². The lowest BCUT2D eigenvalue weighted by molar-refractivity contribution is -0.991. The van der Waals surface area contributed by atoms with Gasteiger partial charge in [0.15, 0.2) is 5.69 Å². The van der Waals surface area contributed by atoms with Crippen molar-refractivity contribution in [2.75, 3.05) is 4.90 Å². The fourth-order valence-electron chi connectivity index (χ4n) is 5.67. The summed E-state index contributed by atoms with van der Waals surface area (Å²) in [5.41, 5.74) is 4.36. The molecule has 3 aromatic rings. The summed E-state index contributed by atoms with van der Waals surface area (Å²) in [6, 6.07) is 21.7. The molecule has 1 fully saturated rings. The first-order valence-electron chi connectivity index (χ1n) is 10.1. The van der Waals surface area contributed by atoms with Gasteiger partial charge in [0, 0.05) is 12.1 Å². The van der Waals surface area contributed by atoms with E-state index in [1.807, 2.05) is 48.5 Å². The smallest absolute Gasteiger partial charge is 0.239 e. The Hall–Kier alpha value is -2.36. The molecule has 3 atom stereocenters. The average Bonchev–Trinajstić information content (AvgIpc) is 3.08. The second-order valence-corrected chi connectivity index (χ2v) is 10.8. The summed E-state index contributed by atoms with van der Waals surface area (Å²) in [5, 5.41) is 19.4. The molecule has 0 aromatic heterocycles. The van der Waals surface area contributed by atoms with Gasteiger partial charge in [-0.3, -0.25) is 9.59 Å². The van der Waals surface area contributed by atoms with Gasteiger partial charge in [-0.15, -0.1) is 0 Å². The molecule has 0 radical (unpaired) electrons. The predicted molar refractivity (Wildman–Crippen MR) is 124 cm³/mol. The molecule has 2 bridgehead atoms. The third kappa shape index (κ3) is 2.24. The van der Waals surface area contributed by atoms with E-state index in [4.69, 9.17) is 0 Å². The molecule has 2 amide bonds. The summed E-state index contributed by atoms with van der Waals surface area (Å²) in [5.74, 6) is -1.91. The lowest BCUT2D eigenvalue weighted by Gasteiger charge is -2.55. The van der Waals surface area contributed by atoms with E-state index in [0.29, 0.717) is 5.69 Å². The number of amides is 2. The molecule has 1 aliphatic heterocycles. The van der Waals surface area contributed by atoms with Gasteiger partial charge >= 0.3 is 0 Å². The van der Waals surface area contributed by atoms with Gasteiger partial charge in [-0.25, -0.2) is 10.1 Å². The molecular formula is C24H16Br2N2O4. The van der Waals surface area contributed by atoms with Gasteiger partial charge in [-0.05, 0) is 34.4 Å². The molecular weight excluding hydrogens is 540 g/mol. The number of anilines is 1. The zero-order valence-electron chi connectivity index (χ0n) is 16.5. The zero-order valence-corrected chi connectivity index (χ0v) is 19.6. The quantitative estimate of drug-likeness (QED) is 0.288. The topological polar surface area (TPSA) is 85.1 Å². The van der Waals surface area contributed by atoms with Crippen LogP contribution < -0.4 is 10.1 Å². The largest absolute Gasteiger partial charge is 0.595 e. The van der Waals surface area contributed by atoms with E-state index in [2.05, 4.69) is 31.9 Å². The molecule has 3 aliphatic carbocycles. The zero-order chi connectivity index (χ0) is 22.4. The van der Waals surface area contributed by atoms with Crippen LogP contribution in [0.2, 0.25) is 0 Å². The van der Waals surface area contributed by atoms with Crippen LogP contribution in [0.1, 0.15) is 22.3 Å². The number of nitrogens with one attached hydrogen (secondary N) is 1. The SMILES string of the molecule is O=C1[C@H]2[C@H](C(=O)N1c1ccc([NH+]([O-])O)cc1)C1(Br)c3ccccc3C2(Br)c2ccccc21. The minimum atomic E-state index is -1.06. The molecule has 0 saturated carbocycles. The number of benzene rings is 3. The molecule has 7 rings (SSSR count). The number of carbonyl (C=O) groups excluding carboxylic acids is 2. The van der Waals surface area contributed by atoms with Crippen molar-refractivity contribution in [3.05, 3.63) is 100 Å². The van der Waals surface area contributed by atoms with Gasteiger partial charge in [0.25, 0.3) is 0 Å². The number of quaternary nitrogens is 1. The maximum absolute atomic E-state index is 13.9. The number of alkyl halides is 2. The number of rotatable bonds is 2. The van der Waals surface area contributed by atoms with Crippen LogP contribution >= 0.6 is 31.9 Å². The third-order valence-electron chi connectivity index (χ3n) is 6.96. The van der Waals surface area contributed by atoms with Crippen molar-refractivity contribution in [1.29, 1.82) is 0 Å². The van der Waals surface area contributed by atoms with Crippen LogP contribution in [0.3, 0.4) is 0 Å². The Labute approximate surface area is 200 Å². The van der Waals surface area contributed by atoms with Crippen molar-refractivity contribution in [2.45, 2.75) is 8.65 Å². The third-order valence-corrected chi connectivity index (χ3v) is 9.65. The number of hydrogen-bond acceptors (Lipinski definition) is 4. The lowest BCUT2D eigenvalue weighted by atomic mass is 9.54. The van der Waals surface area contributed by atoms with Gasteiger partial charge in [0.05, 0.1) is 26.2 Å². The number of nitrogens with zero attached hydrogens (tertiary/aromatic N) is 1. The molecule has 4 aliphatic rings. The van der Waals surface area contributed by atoms with Crippen molar-refractivity contribution in [3.8, 4) is 0 Å². The van der Waals surface area contributed by atoms with Crippen LogP contribution in [0.5, 0.6) is 0 Å². The van der Waals surface area contributed by atoms with Gasteiger partial charge in [0.2, 0.25) is 11.8 Å². The normalized spacial score (nSPS) is 30.7. The molecule has 1 saturated heterocycles. The highest BCUT2D eigenvalue weighted by atomic mass is 79.9. The molecule has 2 N–H and O–H groups in total. The fourth-order valence-corrected chi connectivity index (χ4v) is 7.98. The molecule has 32 heavy (non-hydrogen) atoms. The molecule has 1 heterocycles. The van der Waals surface area contributed by atoms with Crippen molar-refractivity contribution in [3.63, 3.8) is 0 Å². The summed E-state index contributed by atoms with van der Waals surface area (Å²) >= 11 is 7.92. The maximum atomic E-state index is 13.9. The lowest BCUT2D eigenvalue weighted by Crippen LogP contribution is -2.99. The number of imide groups is 1. The summed E-state index contributed by atoms with van der Waals surface area (Å²) in [6.07, 6.45) is 0. The second kappa shape index (κ2) is 6.59. The minimum absolute atomic E-state index is 0.0964. The Kier molecular flexibility index (Phi) is 4.17.